The summed E-state index contributed by atoms with van der Waals surface area (Å²) in [5, 5.41) is 12.0. The quantitative estimate of drug-likeness (QED) is 0.397. The molecule has 1 aliphatic heterocycles. The summed E-state index contributed by atoms with van der Waals surface area (Å²) in [5.41, 5.74) is 2.59. The first-order chi connectivity index (χ1) is 16.3. The van der Waals surface area contributed by atoms with Crippen molar-refractivity contribution in [1.29, 1.82) is 0 Å². The Balaban J connectivity index is 1.68. The van der Waals surface area contributed by atoms with Crippen molar-refractivity contribution < 1.29 is 19.4 Å². The average Bonchev–Trinajstić information content (AvgIpc) is 3.46. The number of hydrogen-bond acceptors (Lipinski definition) is 9. The molecular weight excluding hydrogens is 472 g/mol. The van der Waals surface area contributed by atoms with Gasteiger partial charge in [0.25, 0.3) is 5.91 Å². The molecule has 0 saturated heterocycles. The second-order valence-corrected chi connectivity index (χ2v) is 10.1. The highest BCUT2D eigenvalue weighted by atomic mass is 32.1. The molecule has 10 heteroatoms. The number of carbonyl (C=O) groups is 2. The fraction of sp³-hybridized carbons (Fsp3) is 0.208. The van der Waals surface area contributed by atoms with Crippen LogP contribution >= 0.6 is 22.7 Å². The number of thiazole rings is 2. The van der Waals surface area contributed by atoms with Crippen LogP contribution in [0.5, 0.6) is 5.75 Å². The Morgan fingerprint density at radius 3 is 2.59 bits per heavy atom. The number of amides is 1. The molecule has 0 fully saturated rings. The first-order valence-electron chi connectivity index (χ1n) is 10.4. The minimum Gasteiger partial charge on any atom is -0.503 e. The zero-order chi connectivity index (χ0) is 24.1. The van der Waals surface area contributed by atoms with Gasteiger partial charge in [-0.1, -0.05) is 17.4 Å². The molecule has 4 aromatic rings. The van der Waals surface area contributed by atoms with E-state index in [1.165, 1.54) is 27.6 Å². The predicted octanol–water partition coefficient (Wildman–Crippen LogP) is 4.86. The number of ketones is 1. The van der Waals surface area contributed by atoms with Crippen LogP contribution in [0, 0.1) is 20.8 Å². The van der Waals surface area contributed by atoms with Crippen molar-refractivity contribution >= 4 is 49.7 Å². The van der Waals surface area contributed by atoms with Gasteiger partial charge in [-0.2, -0.15) is 0 Å². The number of aliphatic hydroxyl groups is 1. The minimum atomic E-state index is -0.924. The number of rotatable bonds is 5. The lowest BCUT2D eigenvalue weighted by molar-refractivity contribution is -0.117. The van der Waals surface area contributed by atoms with E-state index in [-0.39, 0.29) is 5.57 Å². The number of pyridine rings is 1. The monoisotopic (exact) mass is 492 g/mol. The minimum absolute atomic E-state index is 0.0246. The Morgan fingerprint density at radius 2 is 1.94 bits per heavy atom. The third-order valence-corrected chi connectivity index (χ3v) is 7.72. The molecule has 172 valence electrons. The van der Waals surface area contributed by atoms with Gasteiger partial charge in [0.05, 0.1) is 44.2 Å². The molecule has 3 aromatic heterocycles. The van der Waals surface area contributed by atoms with Gasteiger partial charge in [0.15, 0.2) is 10.9 Å². The van der Waals surface area contributed by atoms with Crippen molar-refractivity contribution in [1.82, 2.24) is 15.0 Å². The van der Waals surface area contributed by atoms with E-state index < -0.39 is 23.5 Å². The van der Waals surface area contributed by atoms with Crippen LogP contribution in [-0.2, 0) is 4.79 Å². The molecule has 0 spiro atoms. The van der Waals surface area contributed by atoms with Crippen LogP contribution in [0.2, 0.25) is 0 Å². The molecule has 1 atom stereocenters. The SMILES string of the molecule is COc1cc2sc(N3C(=O)C(O)=C(C(=O)c4sc(C)nc4C)C3c3ccccn3)nc2cc1C. The molecule has 0 radical (unpaired) electrons. The number of fused-ring (bicyclic) bond motifs is 1. The first-order valence-corrected chi connectivity index (χ1v) is 12.0. The lowest BCUT2D eigenvalue weighted by atomic mass is 9.98. The van der Waals surface area contributed by atoms with E-state index in [4.69, 9.17) is 4.74 Å². The maximum absolute atomic E-state index is 13.6. The van der Waals surface area contributed by atoms with Gasteiger partial charge in [0.2, 0.25) is 5.78 Å². The zero-order valence-corrected chi connectivity index (χ0v) is 20.5. The molecule has 8 nitrogen and oxygen atoms in total. The van der Waals surface area contributed by atoms with Crippen molar-refractivity contribution in [3.8, 4) is 5.75 Å². The molecule has 0 bridgehead atoms. The van der Waals surface area contributed by atoms with Gasteiger partial charge in [0.1, 0.15) is 11.8 Å². The lowest BCUT2D eigenvalue weighted by Crippen LogP contribution is -2.31. The second-order valence-electron chi connectivity index (χ2n) is 7.86. The fourth-order valence-corrected chi connectivity index (χ4v) is 5.96. The topological polar surface area (TPSA) is 106 Å². The molecule has 0 saturated carbocycles. The van der Waals surface area contributed by atoms with Gasteiger partial charge in [-0.3, -0.25) is 19.5 Å². The summed E-state index contributed by atoms with van der Waals surface area (Å²) in [5.74, 6) is -1.02. The Bertz CT molecular complexity index is 1490. The van der Waals surface area contributed by atoms with Gasteiger partial charge in [-0.05, 0) is 50.6 Å². The number of anilines is 1. The number of aromatic nitrogens is 3. The summed E-state index contributed by atoms with van der Waals surface area (Å²) in [6.07, 6.45) is 1.59. The van der Waals surface area contributed by atoms with Crippen LogP contribution in [0.15, 0.2) is 47.9 Å². The third-order valence-electron chi connectivity index (χ3n) is 5.63. The standard InChI is InChI=1S/C24H20N4O4S2/c1-11-9-15-17(10-16(11)32-4)34-24(27-15)28-19(14-7-5-6-8-25-14)18(21(30)23(28)31)20(29)22-12(2)26-13(3)33-22/h5-10,19,30H,1-4H3. The van der Waals surface area contributed by atoms with Gasteiger partial charge in [0, 0.05) is 6.20 Å². The predicted molar refractivity (Wildman–Crippen MR) is 131 cm³/mol. The van der Waals surface area contributed by atoms with E-state index in [2.05, 4.69) is 15.0 Å². The van der Waals surface area contributed by atoms with E-state index in [9.17, 15) is 14.7 Å². The van der Waals surface area contributed by atoms with E-state index >= 15 is 0 Å². The molecule has 0 aliphatic carbocycles. The van der Waals surface area contributed by atoms with E-state index in [1.807, 2.05) is 26.0 Å². The van der Waals surface area contributed by atoms with Crippen molar-refractivity contribution in [3.63, 3.8) is 0 Å². The summed E-state index contributed by atoms with van der Waals surface area (Å²) in [7, 11) is 1.60. The Kier molecular flexibility index (Phi) is 5.41. The largest absolute Gasteiger partial charge is 0.503 e. The Hall–Kier alpha value is -3.63. The molecule has 1 aromatic carbocycles. The van der Waals surface area contributed by atoms with Gasteiger partial charge in [-0.25, -0.2) is 9.97 Å². The average molecular weight is 493 g/mol. The second kappa shape index (κ2) is 8.30. The van der Waals surface area contributed by atoms with Crippen molar-refractivity contribution in [2.75, 3.05) is 12.0 Å². The van der Waals surface area contributed by atoms with Crippen LogP contribution in [0.1, 0.15) is 37.7 Å². The van der Waals surface area contributed by atoms with Crippen LogP contribution in [0.4, 0.5) is 5.13 Å². The summed E-state index contributed by atoms with van der Waals surface area (Å²) in [6, 6.07) is 8.07. The lowest BCUT2D eigenvalue weighted by Gasteiger charge is -2.23. The number of benzene rings is 1. The van der Waals surface area contributed by atoms with Crippen molar-refractivity contribution in [2.45, 2.75) is 26.8 Å². The van der Waals surface area contributed by atoms with E-state index in [0.717, 1.165) is 15.3 Å². The van der Waals surface area contributed by atoms with Gasteiger partial charge < -0.3 is 9.84 Å². The van der Waals surface area contributed by atoms with E-state index in [0.29, 0.717) is 32.7 Å². The summed E-state index contributed by atoms with van der Waals surface area (Å²) >= 11 is 2.51. The number of nitrogens with zero attached hydrogens (tertiary/aromatic N) is 4. The number of hydrogen-bond donors (Lipinski definition) is 1. The normalized spacial score (nSPS) is 16.1. The zero-order valence-electron chi connectivity index (χ0n) is 18.8. The fourth-order valence-electron chi connectivity index (χ4n) is 4.09. The maximum Gasteiger partial charge on any atom is 0.296 e. The summed E-state index contributed by atoms with van der Waals surface area (Å²) in [4.78, 5) is 42.1. The van der Waals surface area contributed by atoms with Gasteiger partial charge in [-0.15, -0.1) is 11.3 Å². The molecule has 1 N–H and O–H groups in total. The smallest absolute Gasteiger partial charge is 0.296 e. The number of carbonyl (C=O) groups excluding carboxylic acids is 2. The highest BCUT2D eigenvalue weighted by Crippen LogP contribution is 2.44. The Morgan fingerprint density at radius 1 is 1.15 bits per heavy atom. The van der Waals surface area contributed by atoms with Crippen LogP contribution in [0.25, 0.3) is 10.2 Å². The molecule has 1 amide bonds. The molecule has 34 heavy (non-hydrogen) atoms. The summed E-state index contributed by atoms with van der Waals surface area (Å²) < 4.78 is 6.24. The van der Waals surface area contributed by atoms with Crippen LogP contribution in [-0.4, -0.2) is 38.9 Å². The van der Waals surface area contributed by atoms with Crippen LogP contribution in [0.3, 0.4) is 0 Å². The molecule has 1 aliphatic rings. The molecular formula is C24H20N4O4S2. The maximum atomic E-state index is 13.6. The number of aliphatic hydroxyl groups excluding tert-OH is 1. The number of methoxy groups -OCH3 is 1. The molecule has 4 heterocycles. The van der Waals surface area contributed by atoms with Crippen molar-refractivity contribution in [2.24, 2.45) is 0 Å². The third kappa shape index (κ3) is 3.46. The highest BCUT2D eigenvalue weighted by Gasteiger charge is 2.47. The molecule has 5 rings (SSSR count). The number of ether oxygens (including phenoxy) is 1. The first kappa shape index (κ1) is 22.2. The van der Waals surface area contributed by atoms with Crippen molar-refractivity contribution in [3.05, 3.63) is 74.7 Å². The highest BCUT2D eigenvalue weighted by molar-refractivity contribution is 7.22. The molecule has 1 unspecified atom stereocenters. The van der Waals surface area contributed by atoms with E-state index in [1.54, 1.807) is 38.4 Å². The number of Topliss-reactive ketones (excluding diaryl/α,β-unsaturated/α-hetero) is 1. The Labute approximate surface area is 203 Å². The number of aryl methyl sites for hydroxylation is 3. The van der Waals surface area contributed by atoms with Crippen LogP contribution < -0.4 is 9.64 Å². The summed E-state index contributed by atoms with van der Waals surface area (Å²) in [6.45, 7) is 5.46. The van der Waals surface area contributed by atoms with Gasteiger partial charge >= 0.3 is 0 Å².